The van der Waals surface area contributed by atoms with Crippen molar-refractivity contribution >= 4 is 38.5 Å². The molecule has 2 aliphatic heterocycles. The van der Waals surface area contributed by atoms with Crippen LogP contribution in [0.5, 0.6) is 0 Å². The molecule has 2 aliphatic rings. The Morgan fingerprint density at radius 2 is 1.90 bits per heavy atom. The van der Waals surface area contributed by atoms with Crippen molar-refractivity contribution in [1.82, 2.24) is 9.29 Å². The van der Waals surface area contributed by atoms with E-state index in [9.17, 15) is 13.2 Å². The molecule has 1 N–H and O–H groups in total. The van der Waals surface area contributed by atoms with Crippen molar-refractivity contribution in [3.8, 4) is 0 Å². The van der Waals surface area contributed by atoms with E-state index in [-0.39, 0.29) is 12.0 Å². The van der Waals surface area contributed by atoms with Crippen molar-refractivity contribution in [1.29, 1.82) is 0 Å². The van der Waals surface area contributed by atoms with Crippen LogP contribution in [-0.4, -0.2) is 56.2 Å². The number of sulfonamides is 1. The molecular weight excluding hydrogens is 432 g/mol. The monoisotopic (exact) mass is 462 g/mol. The van der Waals surface area contributed by atoms with Crippen LogP contribution in [0, 0.1) is 5.92 Å². The number of hydrogen-bond donors (Lipinski definition) is 1. The predicted molar refractivity (Wildman–Crippen MR) is 124 cm³/mol. The van der Waals surface area contributed by atoms with Gasteiger partial charge < -0.3 is 15.0 Å². The van der Waals surface area contributed by atoms with Crippen molar-refractivity contribution in [3.63, 3.8) is 0 Å². The Bertz CT molecular complexity index is 992. The molecule has 4 rings (SSSR count). The number of nitrogens with one attached hydrogen (secondary N) is 1. The second-order valence-corrected chi connectivity index (χ2v) is 11.3. The topological polar surface area (TPSA) is 82.6 Å². The fourth-order valence-corrected chi connectivity index (χ4v) is 6.58. The lowest BCUT2D eigenvalue weighted by atomic mass is 9.98. The number of aldehydes is 1. The molecule has 0 atom stereocenters. The molecule has 0 saturated carbocycles. The van der Waals surface area contributed by atoms with E-state index in [1.807, 2.05) is 18.3 Å². The molecule has 1 aromatic heterocycles. The molecular formula is C22H30N4O3S2. The van der Waals surface area contributed by atoms with Crippen LogP contribution in [0.4, 0.5) is 10.8 Å². The molecule has 7 nitrogen and oxygen atoms in total. The second kappa shape index (κ2) is 9.67. The summed E-state index contributed by atoms with van der Waals surface area (Å²) in [6, 6.07) is 7.48. The molecule has 3 heterocycles. The third kappa shape index (κ3) is 5.10. The number of thiazole rings is 1. The summed E-state index contributed by atoms with van der Waals surface area (Å²) in [4.78, 5) is 19.2. The van der Waals surface area contributed by atoms with Gasteiger partial charge in [-0.3, -0.25) is 0 Å². The van der Waals surface area contributed by atoms with Crippen LogP contribution in [0.15, 0.2) is 35.4 Å². The quantitative estimate of drug-likeness (QED) is 0.635. The largest absolute Gasteiger partial charge is 0.371 e. The van der Waals surface area contributed by atoms with Crippen LogP contribution in [0.1, 0.15) is 37.5 Å². The van der Waals surface area contributed by atoms with E-state index in [1.54, 1.807) is 27.8 Å². The molecule has 0 radical (unpaired) electrons. The summed E-state index contributed by atoms with van der Waals surface area (Å²) in [5.41, 5.74) is 0.914. The first kappa shape index (κ1) is 22.2. The molecule has 0 spiro atoms. The molecule has 9 heteroatoms. The Labute approximate surface area is 188 Å². The lowest BCUT2D eigenvalue weighted by Crippen LogP contribution is -2.42. The zero-order chi connectivity index (χ0) is 21.8. The van der Waals surface area contributed by atoms with Gasteiger partial charge in [-0.15, -0.1) is 11.3 Å². The molecule has 2 aromatic rings. The maximum Gasteiger partial charge on any atom is 0.243 e. The summed E-state index contributed by atoms with van der Waals surface area (Å²) in [7, 11) is -3.53. The lowest BCUT2D eigenvalue weighted by Gasteiger charge is -2.33. The molecule has 168 valence electrons. The number of carbonyl (C=O) groups is 1. The highest BCUT2D eigenvalue weighted by molar-refractivity contribution is 7.89. The maximum absolute atomic E-state index is 13.3. The molecule has 2 saturated heterocycles. The lowest BCUT2D eigenvalue weighted by molar-refractivity contribution is -0.111. The SMILES string of the molecule is CCc1cnc(NC2CCN(S(=O)(=O)c3cccc(N4CCC(C=O)CC4)c3)CC2)s1. The van der Waals surface area contributed by atoms with Gasteiger partial charge in [-0.05, 0) is 50.3 Å². The standard InChI is InChI=1S/C22H30N4O3S2/c1-2-20-15-23-22(30-20)24-18-8-12-26(13-9-18)31(28,29)21-5-3-4-19(14-21)25-10-6-17(16-27)7-11-25/h3-5,14-18H,2,6-13H2,1H3,(H,23,24). The highest BCUT2D eigenvalue weighted by Crippen LogP contribution is 2.28. The minimum atomic E-state index is -3.53. The normalized spacial score (nSPS) is 19.5. The first-order valence-electron chi connectivity index (χ1n) is 11.0. The van der Waals surface area contributed by atoms with Gasteiger partial charge in [0, 0.05) is 54.9 Å². The Morgan fingerprint density at radius 3 is 2.55 bits per heavy atom. The smallest absolute Gasteiger partial charge is 0.243 e. The fourth-order valence-electron chi connectivity index (χ4n) is 4.24. The third-order valence-electron chi connectivity index (χ3n) is 6.24. The van der Waals surface area contributed by atoms with Crippen LogP contribution < -0.4 is 10.2 Å². The summed E-state index contributed by atoms with van der Waals surface area (Å²) in [6.07, 6.45) is 7.08. The van der Waals surface area contributed by atoms with Crippen LogP contribution in [0.25, 0.3) is 0 Å². The van der Waals surface area contributed by atoms with Crippen LogP contribution in [-0.2, 0) is 21.2 Å². The molecule has 1 aromatic carbocycles. The van der Waals surface area contributed by atoms with E-state index in [4.69, 9.17) is 0 Å². The van der Waals surface area contributed by atoms with Crippen LogP contribution in [0.3, 0.4) is 0 Å². The first-order valence-corrected chi connectivity index (χ1v) is 13.3. The number of aromatic nitrogens is 1. The van der Waals surface area contributed by atoms with Gasteiger partial charge in [0.1, 0.15) is 6.29 Å². The van der Waals surface area contributed by atoms with Crippen LogP contribution in [0.2, 0.25) is 0 Å². The van der Waals surface area contributed by atoms with Crippen molar-refractivity contribution in [2.75, 3.05) is 36.4 Å². The van der Waals surface area contributed by atoms with Crippen molar-refractivity contribution in [2.24, 2.45) is 5.92 Å². The minimum Gasteiger partial charge on any atom is -0.371 e. The van der Waals surface area contributed by atoms with Gasteiger partial charge in [0.05, 0.1) is 4.90 Å². The number of hydrogen-bond acceptors (Lipinski definition) is 7. The van der Waals surface area contributed by atoms with E-state index >= 15 is 0 Å². The van der Waals surface area contributed by atoms with Gasteiger partial charge in [-0.1, -0.05) is 13.0 Å². The number of piperidine rings is 2. The average molecular weight is 463 g/mol. The second-order valence-electron chi connectivity index (χ2n) is 8.27. The summed E-state index contributed by atoms with van der Waals surface area (Å²) in [6.45, 7) is 4.67. The van der Waals surface area contributed by atoms with Gasteiger partial charge in [0.2, 0.25) is 10.0 Å². The third-order valence-corrected chi connectivity index (χ3v) is 9.20. The van der Waals surface area contributed by atoms with E-state index in [1.165, 1.54) is 4.88 Å². The maximum atomic E-state index is 13.3. The number of rotatable bonds is 7. The zero-order valence-corrected chi connectivity index (χ0v) is 19.5. The Morgan fingerprint density at radius 1 is 1.16 bits per heavy atom. The Hall–Kier alpha value is -1.97. The van der Waals surface area contributed by atoms with Crippen molar-refractivity contribution in [2.45, 2.75) is 50.0 Å². The van der Waals surface area contributed by atoms with E-state index < -0.39 is 10.0 Å². The molecule has 0 amide bonds. The van der Waals surface area contributed by atoms with E-state index in [2.05, 4.69) is 22.1 Å². The summed E-state index contributed by atoms with van der Waals surface area (Å²) in [5.74, 6) is 0.121. The van der Waals surface area contributed by atoms with Gasteiger partial charge in [0.25, 0.3) is 0 Å². The summed E-state index contributed by atoms with van der Waals surface area (Å²) >= 11 is 1.67. The van der Waals surface area contributed by atoms with E-state index in [0.717, 1.165) is 62.3 Å². The highest BCUT2D eigenvalue weighted by atomic mass is 32.2. The van der Waals surface area contributed by atoms with Crippen molar-refractivity contribution < 1.29 is 13.2 Å². The van der Waals surface area contributed by atoms with Crippen molar-refractivity contribution in [3.05, 3.63) is 35.3 Å². The number of benzene rings is 1. The Balaban J connectivity index is 1.38. The molecule has 2 fully saturated rings. The predicted octanol–water partition coefficient (Wildman–Crippen LogP) is 3.39. The molecule has 31 heavy (non-hydrogen) atoms. The molecule has 0 bridgehead atoms. The zero-order valence-electron chi connectivity index (χ0n) is 17.9. The average Bonchev–Trinajstić information content (AvgIpc) is 3.27. The van der Waals surface area contributed by atoms with Gasteiger partial charge in [-0.2, -0.15) is 4.31 Å². The number of aryl methyl sites for hydroxylation is 1. The summed E-state index contributed by atoms with van der Waals surface area (Å²) in [5, 5.41) is 4.38. The van der Waals surface area contributed by atoms with Crippen LogP contribution >= 0.6 is 11.3 Å². The number of nitrogens with zero attached hydrogens (tertiary/aromatic N) is 3. The molecule has 0 aliphatic carbocycles. The van der Waals surface area contributed by atoms with Gasteiger partial charge in [-0.25, -0.2) is 13.4 Å². The van der Waals surface area contributed by atoms with Gasteiger partial charge >= 0.3 is 0 Å². The number of anilines is 2. The minimum absolute atomic E-state index is 0.121. The highest BCUT2D eigenvalue weighted by Gasteiger charge is 2.30. The summed E-state index contributed by atoms with van der Waals surface area (Å²) < 4.78 is 28.1. The molecule has 0 unspecified atom stereocenters. The number of carbonyl (C=O) groups excluding carboxylic acids is 1. The fraction of sp³-hybridized carbons (Fsp3) is 0.545. The Kier molecular flexibility index (Phi) is 6.93. The van der Waals surface area contributed by atoms with E-state index in [0.29, 0.717) is 18.0 Å². The van der Waals surface area contributed by atoms with Gasteiger partial charge in [0.15, 0.2) is 5.13 Å². The first-order chi connectivity index (χ1) is 15.0.